The standard InChI is InChI=1S/C15H25N3O/c1-4-12-8-7-9-13(10-12)18-14(16)17-11-15(19,5-2)6-3/h7-10,19H,4-6,11H2,1-3H3,(H3,16,17,18). The molecule has 0 aromatic heterocycles. The summed E-state index contributed by atoms with van der Waals surface area (Å²) >= 11 is 0. The van der Waals surface area contributed by atoms with E-state index in [1.807, 2.05) is 32.0 Å². The number of aryl methyl sites for hydroxylation is 1. The van der Waals surface area contributed by atoms with E-state index in [1.165, 1.54) is 5.56 Å². The average molecular weight is 263 g/mol. The fourth-order valence-electron chi connectivity index (χ4n) is 1.76. The lowest BCUT2D eigenvalue weighted by molar-refractivity contribution is 0.0419. The highest BCUT2D eigenvalue weighted by Gasteiger charge is 2.21. The summed E-state index contributed by atoms with van der Waals surface area (Å²) in [6, 6.07) is 8.07. The minimum atomic E-state index is -0.752. The number of hydrogen-bond acceptors (Lipinski definition) is 2. The molecule has 0 aliphatic rings. The molecular formula is C15H25N3O. The topological polar surface area (TPSA) is 70.6 Å². The van der Waals surface area contributed by atoms with Gasteiger partial charge in [-0.1, -0.05) is 32.9 Å². The van der Waals surface area contributed by atoms with Gasteiger partial charge in [0.05, 0.1) is 12.1 Å². The van der Waals surface area contributed by atoms with Crippen molar-refractivity contribution in [1.29, 1.82) is 0 Å². The maximum absolute atomic E-state index is 10.1. The van der Waals surface area contributed by atoms with Gasteiger partial charge >= 0.3 is 0 Å². The van der Waals surface area contributed by atoms with Crippen LogP contribution in [0.2, 0.25) is 0 Å². The summed E-state index contributed by atoms with van der Waals surface area (Å²) in [6.45, 7) is 6.34. The molecule has 0 atom stereocenters. The number of aliphatic hydroxyl groups is 1. The second kappa shape index (κ2) is 7.14. The van der Waals surface area contributed by atoms with Crippen LogP contribution in [0.3, 0.4) is 0 Å². The SMILES string of the molecule is CCc1cccc(NC(N)=NCC(O)(CC)CC)c1. The summed E-state index contributed by atoms with van der Waals surface area (Å²) in [5, 5.41) is 13.2. The van der Waals surface area contributed by atoms with Crippen molar-refractivity contribution in [2.24, 2.45) is 10.7 Å². The first kappa shape index (κ1) is 15.5. The van der Waals surface area contributed by atoms with E-state index in [9.17, 15) is 5.11 Å². The third kappa shape index (κ3) is 4.91. The number of aliphatic imine (C=N–C) groups is 1. The number of anilines is 1. The lowest BCUT2D eigenvalue weighted by Crippen LogP contribution is -2.33. The summed E-state index contributed by atoms with van der Waals surface area (Å²) in [4.78, 5) is 4.22. The molecule has 0 unspecified atom stereocenters. The van der Waals surface area contributed by atoms with Crippen molar-refractivity contribution in [1.82, 2.24) is 0 Å². The first-order valence-corrected chi connectivity index (χ1v) is 6.91. The zero-order valence-electron chi connectivity index (χ0n) is 12.1. The average Bonchev–Trinajstić information content (AvgIpc) is 2.45. The number of guanidine groups is 1. The van der Waals surface area contributed by atoms with Crippen LogP contribution in [-0.4, -0.2) is 23.2 Å². The lowest BCUT2D eigenvalue weighted by Gasteiger charge is -2.22. The van der Waals surface area contributed by atoms with Crippen molar-refractivity contribution in [3.63, 3.8) is 0 Å². The summed E-state index contributed by atoms with van der Waals surface area (Å²) in [5.41, 5.74) is 7.26. The van der Waals surface area contributed by atoms with E-state index in [0.717, 1.165) is 12.1 Å². The third-order valence-corrected chi connectivity index (χ3v) is 3.47. The predicted octanol–water partition coefficient (Wildman–Crippen LogP) is 2.53. The van der Waals surface area contributed by atoms with E-state index in [-0.39, 0.29) is 0 Å². The minimum absolute atomic E-state index is 0.326. The Bertz CT molecular complexity index is 425. The van der Waals surface area contributed by atoms with Crippen molar-refractivity contribution < 1.29 is 5.11 Å². The first-order chi connectivity index (χ1) is 9.03. The molecule has 0 saturated carbocycles. The summed E-state index contributed by atoms with van der Waals surface area (Å²) in [7, 11) is 0. The van der Waals surface area contributed by atoms with Gasteiger partial charge in [0.25, 0.3) is 0 Å². The second-order valence-electron chi connectivity index (χ2n) is 4.81. The van der Waals surface area contributed by atoms with E-state index in [0.29, 0.717) is 25.3 Å². The molecule has 1 aromatic rings. The third-order valence-electron chi connectivity index (χ3n) is 3.47. The van der Waals surface area contributed by atoms with E-state index in [4.69, 9.17) is 5.73 Å². The Morgan fingerprint density at radius 1 is 1.32 bits per heavy atom. The largest absolute Gasteiger partial charge is 0.388 e. The van der Waals surface area contributed by atoms with Crippen LogP contribution in [0.1, 0.15) is 39.2 Å². The Kier molecular flexibility index (Phi) is 5.83. The molecule has 0 aliphatic heterocycles. The first-order valence-electron chi connectivity index (χ1n) is 6.91. The van der Waals surface area contributed by atoms with Gasteiger partial charge in [0, 0.05) is 5.69 Å². The van der Waals surface area contributed by atoms with E-state index in [1.54, 1.807) is 0 Å². The Hall–Kier alpha value is -1.55. The molecule has 1 rings (SSSR count). The molecule has 4 N–H and O–H groups in total. The van der Waals surface area contributed by atoms with Crippen LogP contribution in [0.25, 0.3) is 0 Å². The highest BCUT2D eigenvalue weighted by Crippen LogP contribution is 2.15. The highest BCUT2D eigenvalue weighted by molar-refractivity contribution is 5.92. The fourth-order valence-corrected chi connectivity index (χ4v) is 1.76. The molecule has 0 amide bonds. The molecule has 0 aliphatic carbocycles. The number of nitrogens with two attached hydrogens (primary N) is 1. The van der Waals surface area contributed by atoms with Crippen molar-refractivity contribution in [2.45, 2.75) is 45.6 Å². The smallest absolute Gasteiger partial charge is 0.193 e. The quantitative estimate of drug-likeness (QED) is 0.545. The van der Waals surface area contributed by atoms with Gasteiger partial charge in [-0.3, -0.25) is 4.99 Å². The molecular weight excluding hydrogens is 238 g/mol. The molecule has 0 heterocycles. The maximum atomic E-state index is 10.1. The van der Waals surface area contributed by atoms with Gasteiger partial charge in [-0.15, -0.1) is 0 Å². The zero-order valence-corrected chi connectivity index (χ0v) is 12.1. The van der Waals surface area contributed by atoms with E-state index < -0.39 is 5.60 Å². The molecule has 0 radical (unpaired) electrons. The number of rotatable bonds is 6. The number of hydrogen-bond donors (Lipinski definition) is 3. The van der Waals surface area contributed by atoms with Crippen LogP contribution in [0.5, 0.6) is 0 Å². The van der Waals surface area contributed by atoms with Crippen LogP contribution in [0.4, 0.5) is 5.69 Å². The van der Waals surface area contributed by atoms with Gasteiger partial charge in [-0.05, 0) is 37.0 Å². The van der Waals surface area contributed by atoms with Crippen molar-refractivity contribution >= 4 is 11.6 Å². The Morgan fingerprint density at radius 3 is 2.58 bits per heavy atom. The minimum Gasteiger partial charge on any atom is -0.388 e. The molecule has 4 nitrogen and oxygen atoms in total. The molecule has 1 aromatic carbocycles. The van der Waals surface area contributed by atoms with Crippen molar-refractivity contribution in [2.75, 3.05) is 11.9 Å². The Balaban J connectivity index is 2.65. The Labute approximate surface area is 115 Å². The summed E-state index contributed by atoms with van der Waals surface area (Å²) in [5.74, 6) is 0.341. The van der Waals surface area contributed by atoms with Gasteiger partial charge < -0.3 is 16.2 Å². The highest BCUT2D eigenvalue weighted by atomic mass is 16.3. The number of benzene rings is 1. The van der Waals surface area contributed by atoms with Crippen LogP contribution in [-0.2, 0) is 6.42 Å². The zero-order chi connectivity index (χ0) is 14.3. The van der Waals surface area contributed by atoms with Crippen LogP contribution in [0.15, 0.2) is 29.3 Å². The number of nitrogens with one attached hydrogen (secondary N) is 1. The molecule has 0 saturated heterocycles. The maximum Gasteiger partial charge on any atom is 0.193 e. The van der Waals surface area contributed by atoms with Crippen LogP contribution >= 0.6 is 0 Å². The van der Waals surface area contributed by atoms with Gasteiger partial charge in [0.2, 0.25) is 0 Å². The summed E-state index contributed by atoms with van der Waals surface area (Å²) < 4.78 is 0. The van der Waals surface area contributed by atoms with E-state index in [2.05, 4.69) is 23.3 Å². The van der Waals surface area contributed by atoms with Gasteiger partial charge in [-0.2, -0.15) is 0 Å². The monoisotopic (exact) mass is 263 g/mol. The number of nitrogens with zero attached hydrogens (tertiary/aromatic N) is 1. The second-order valence-corrected chi connectivity index (χ2v) is 4.81. The molecule has 106 valence electrons. The lowest BCUT2D eigenvalue weighted by atomic mass is 9.98. The van der Waals surface area contributed by atoms with Gasteiger partial charge in [0.15, 0.2) is 5.96 Å². The van der Waals surface area contributed by atoms with Crippen LogP contribution < -0.4 is 11.1 Å². The van der Waals surface area contributed by atoms with Crippen molar-refractivity contribution in [3.05, 3.63) is 29.8 Å². The molecule has 19 heavy (non-hydrogen) atoms. The molecule has 0 fully saturated rings. The summed E-state index contributed by atoms with van der Waals surface area (Å²) in [6.07, 6.45) is 2.33. The molecule has 0 bridgehead atoms. The normalized spacial score (nSPS) is 12.5. The van der Waals surface area contributed by atoms with Crippen LogP contribution in [0, 0.1) is 0 Å². The Morgan fingerprint density at radius 2 is 2.00 bits per heavy atom. The van der Waals surface area contributed by atoms with E-state index >= 15 is 0 Å². The fraction of sp³-hybridized carbons (Fsp3) is 0.533. The molecule has 0 spiro atoms. The molecule has 4 heteroatoms. The van der Waals surface area contributed by atoms with Crippen molar-refractivity contribution in [3.8, 4) is 0 Å². The predicted molar refractivity (Wildman–Crippen MR) is 81.5 cm³/mol. The van der Waals surface area contributed by atoms with Gasteiger partial charge in [0.1, 0.15) is 0 Å². The van der Waals surface area contributed by atoms with Gasteiger partial charge in [-0.25, -0.2) is 0 Å².